The van der Waals surface area contributed by atoms with Crippen molar-refractivity contribution in [3.8, 4) is 0 Å². The van der Waals surface area contributed by atoms with Crippen molar-refractivity contribution in [2.45, 2.75) is 56.6 Å². The molecule has 0 saturated carbocycles. The number of carbonyl (C=O) groups is 1. The quantitative estimate of drug-likeness (QED) is 0.708. The van der Waals surface area contributed by atoms with E-state index in [4.69, 9.17) is 0 Å². The average Bonchev–Trinajstić information content (AvgIpc) is 3.20. The summed E-state index contributed by atoms with van der Waals surface area (Å²) in [6, 6.07) is 16.2. The van der Waals surface area contributed by atoms with Gasteiger partial charge in [-0.1, -0.05) is 48.5 Å². The van der Waals surface area contributed by atoms with E-state index in [0.29, 0.717) is 5.56 Å². The monoisotopic (exact) mass is 429 g/mol. The van der Waals surface area contributed by atoms with Crippen LogP contribution in [0.1, 0.15) is 50.8 Å². The van der Waals surface area contributed by atoms with Gasteiger partial charge in [-0.3, -0.25) is 9.69 Å². The van der Waals surface area contributed by atoms with Crippen molar-refractivity contribution in [2.75, 3.05) is 13.1 Å². The van der Waals surface area contributed by atoms with Gasteiger partial charge >= 0.3 is 0 Å². The fourth-order valence-electron chi connectivity index (χ4n) is 3.81. The summed E-state index contributed by atoms with van der Waals surface area (Å²) >= 11 is 0. The van der Waals surface area contributed by atoms with Crippen molar-refractivity contribution >= 4 is 15.9 Å². The van der Waals surface area contributed by atoms with Gasteiger partial charge in [0.15, 0.2) is 0 Å². The summed E-state index contributed by atoms with van der Waals surface area (Å²) in [5.41, 5.74) is 0.923. The molecular weight excluding hydrogens is 398 g/mol. The first-order valence-corrected chi connectivity index (χ1v) is 11.8. The topological polar surface area (TPSA) is 78.5 Å². The number of amides is 1. The molecule has 0 aromatic heterocycles. The third-order valence-electron chi connectivity index (χ3n) is 5.03. The number of benzene rings is 2. The number of hydrogen-bond acceptors (Lipinski definition) is 4. The lowest BCUT2D eigenvalue weighted by molar-refractivity contribution is -0.126. The highest BCUT2D eigenvalue weighted by atomic mass is 32.2. The fraction of sp³-hybridized carbons (Fsp3) is 0.435. The molecule has 2 aromatic carbocycles. The number of nitrogens with zero attached hydrogens (tertiary/aromatic N) is 1. The maximum absolute atomic E-state index is 13.2. The molecule has 1 saturated heterocycles. The van der Waals surface area contributed by atoms with Crippen LogP contribution in [0.25, 0.3) is 0 Å². The Morgan fingerprint density at radius 2 is 1.60 bits per heavy atom. The zero-order valence-corrected chi connectivity index (χ0v) is 18.7. The molecule has 7 heteroatoms. The van der Waals surface area contributed by atoms with E-state index in [2.05, 4.69) is 14.9 Å². The maximum atomic E-state index is 13.2. The van der Waals surface area contributed by atoms with Gasteiger partial charge in [0.05, 0.1) is 4.90 Å². The fourth-order valence-corrected chi connectivity index (χ4v) is 5.47. The van der Waals surface area contributed by atoms with Crippen LogP contribution in [0.2, 0.25) is 0 Å². The van der Waals surface area contributed by atoms with E-state index in [1.54, 1.807) is 45.0 Å². The Bertz CT molecular complexity index is 963. The largest absolute Gasteiger partial charge is 0.350 e. The number of carbonyl (C=O) groups excluding carboxylic acids is 1. The van der Waals surface area contributed by atoms with Gasteiger partial charge in [-0.2, -0.15) is 0 Å². The van der Waals surface area contributed by atoms with Crippen molar-refractivity contribution < 1.29 is 13.2 Å². The van der Waals surface area contributed by atoms with Gasteiger partial charge in [-0.25, -0.2) is 13.1 Å². The van der Waals surface area contributed by atoms with Crippen molar-refractivity contribution in [3.63, 3.8) is 0 Å². The maximum Gasteiger partial charge on any atom is 0.242 e. The second kappa shape index (κ2) is 9.29. The number of nitrogens with one attached hydrogen (secondary N) is 2. The normalized spacial score (nSPS) is 16.4. The highest BCUT2D eigenvalue weighted by Crippen LogP contribution is 2.26. The molecule has 0 radical (unpaired) electrons. The molecule has 1 unspecified atom stereocenters. The van der Waals surface area contributed by atoms with Crippen LogP contribution < -0.4 is 10.0 Å². The van der Waals surface area contributed by atoms with E-state index in [0.717, 1.165) is 31.5 Å². The van der Waals surface area contributed by atoms with E-state index < -0.39 is 15.6 Å². The number of rotatable bonds is 7. The Kier molecular flexibility index (Phi) is 6.95. The van der Waals surface area contributed by atoms with E-state index in [-0.39, 0.29) is 23.4 Å². The minimum Gasteiger partial charge on any atom is -0.350 e. The highest BCUT2D eigenvalue weighted by molar-refractivity contribution is 7.89. The number of hydrogen-bond donors (Lipinski definition) is 2. The van der Waals surface area contributed by atoms with Crippen LogP contribution in [0.5, 0.6) is 0 Å². The minimum absolute atomic E-state index is 0.112. The van der Waals surface area contributed by atoms with Gasteiger partial charge in [0.2, 0.25) is 15.9 Å². The lowest BCUT2D eigenvalue weighted by Gasteiger charge is -2.27. The zero-order chi connectivity index (χ0) is 21.8. The summed E-state index contributed by atoms with van der Waals surface area (Å²) in [5.74, 6) is -0.112. The van der Waals surface area contributed by atoms with Crippen LogP contribution in [-0.2, 0) is 21.4 Å². The van der Waals surface area contributed by atoms with Gasteiger partial charge in [0, 0.05) is 12.1 Å². The average molecular weight is 430 g/mol. The Hall–Kier alpha value is -2.22. The molecule has 162 valence electrons. The molecule has 30 heavy (non-hydrogen) atoms. The van der Waals surface area contributed by atoms with Crippen LogP contribution in [0.15, 0.2) is 59.5 Å². The van der Waals surface area contributed by atoms with Crippen molar-refractivity contribution in [1.29, 1.82) is 0 Å². The second-order valence-corrected chi connectivity index (χ2v) is 10.4. The number of likely N-dealkylation sites (tertiary alicyclic amines) is 1. The smallest absolute Gasteiger partial charge is 0.242 e. The molecule has 1 amide bonds. The molecule has 1 aliphatic rings. The Morgan fingerprint density at radius 3 is 2.23 bits per heavy atom. The van der Waals surface area contributed by atoms with Crippen molar-refractivity contribution in [1.82, 2.24) is 14.9 Å². The third-order valence-corrected chi connectivity index (χ3v) is 6.88. The van der Waals surface area contributed by atoms with Crippen LogP contribution >= 0.6 is 0 Å². The summed E-state index contributed by atoms with van der Waals surface area (Å²) in [5, 5.41) is 2.98. The van der Waals surface area contributed by atoms with Gasteiger partial charge in [-0.05, 0) is 63.9 Å². The molecule has 0 bridgehead atoms. The summed E-state index contributed by atoms with van der Waals surface area (Å²) in [6.45, 7) is 7.32. The first-order chi connectivity index (χ1) is 14.2. The molecule has 2 aromatic rings. The molecule has 6 nitrogen and oxygen atoms in total. The molecule has 1 fully saturated rings. The molecule has 0 aliphatic carbocycles. The molecule has 2 N–H and O–H groups in total. The lowest BCUT2D eigenvalue weighted by Crippen LogP contribution is -2.41. The van der Waals surface area contributed by atoms with Crippen LogP contribution in [0.3, 0.4) is 0 Å². The second-order valence-electron chi connectivity index (χ2n) is 8.74. The van der Waals surface area contributed by atoms with Crippen molar-refractivity contribution in [2.24, 2.45) is 0 Å². The summed E-state index contributed by atoms with van der Waals surface area (Å²) in [6.07, 6.45) is 2.16. The van der Waals surface area contributed by atoms with Gasteiger partial charge in [0.1, 0.15) is 6.04 Å². The lowest BCUT2D eigenvalue weighted by atomic mass is 10.0. The molecular formula is C23H31N3O3S. The Morgan fingerprint density at radius 1 is 1.00 bits per heavy atom. The SMILES string of the molecule is CC(C)(C)NS(=O)(=O)c1ccccc1CNC(=O)C(c1ccccc1)N1CCCC1. The van der Waals surface area contributed by atoms with E-state index in [9.17, 15) is 13.2 Å². The number of sulfonamides is 1. The molecule has 3 rings (SSSR count). The molecule has 1 atom stereocenters. The standard InChI is InChI=1S/C23H31N3O3S/c1-23(2,3)25-30(28,29)20-14-8-7-13-19(20)17-24-22(27)21(26-15-9-10-16-26)18-11-5-4-6-12-18/h4-8,11-14,21,25H,9-10,15-17H2,1-3H3,(H,24,27). The first kappa shape index (κ1) is 22.5. The molecule has 1 heterocycles. The first-order valence-electron chi connectivity index (χ1n) is 10.4. The van der Waals surface area contributed by atoms with Crippen LogP contribution in [-0.4, -0.2) is 37.9 Å². The Labute approximate surface area is 179 Å². The van der Waals surface area contributed by atoms with E-state index in [1.165, 1.54) is 0 Å². The van der Waals surface area contributed by atoms with Gasteiger partial charge in [0.25, 0.3) is 0 Å². The summed E-state index contributed by atoms with van der Waals surface area (Å²) in [4.78, 5) is 15.6. The predicted molar refractivity (Wildman–Crippen MR) is 118 cm³/mol. The predicted octanol–water partition coefficient (Wildman–Crippen LogP) is 3.22. The highest BCUT2D eigenvalue weighted by Gasteiger charge is 2.30. The summed E-state index contributed by atoms with van der Waals surface area (Å²) < 4.78 is 28.4. The van der Waals surface area contributed by atoms with E-state index in [1.807, 2.05) is 30.3 Å². The van der Waals surface area contributed by atoms with Gasteiger partial charge < -0.3 is 5.32 Å². The third kappa shape index (κ3) is 5.68. The zero-order valence-electron chi connectivity index (χ0n) is 17.9. The molecule has 1 aliphatic heterocycles. The Balaban J connectivity index is 1.80. The van der Waals surface area contributed by atoms with Crippen molar-refractivity contribution in [3.05, 3.63) is 65.7 Å². The summed E-state index contributed by atoms with van der Waals surface area (Å²) in [7, 11) is -3.70. The van der Waals surface area contributed by atoms with E-state index >= 15 is 0 Å². The van der Waals surface area contributed by atoms with Crippen LogP contribution in [0.4, 0.5) is 0 Å². The minimum atomic E-state index is -3.70. The molecule has 0 spiro atoms. The van der Waals surface area contributed by atoms with Crippen LogP contribution in [0, 0.1) is 0 Å². The van der Waals surface area contributed by atoms with Gasteiger partial charge in [-0.15, -0.1) is 0 Å².